The van der Waals surface area contributed by atoms with Crippen molar-refractivity contribution in [2.24, 2.45) is 0 Å². The molecule has 1 unspecified atom stereocenters. The van der Waals surface area contributed by atoms with E-state index in [1.807, 2.05) is 0 Å². The van der Waals surface area contributed by atoms with E-state index < -0.39 is 43.1 Å². The maximum absolute atomic E-state index is 9.73. The first-order chi connectivity index (χ1) is 8.48. The molecule has 2 rings (SSSR count). The van der Waals surface area contributed by atoms with Crippen LogP contribution in [-0.4, -0.2) is 59.9 Å². The second kappa shape index (κ2) is 5.24. The van der Waals surface area contributed by atoms with Gasteiger partial charge in [-0.25, -0.2) is 0 Å². The van der Waals surface area contributed by atoms with Gasteiger partial charge in [-0.1, -0.05) is 6.08 Å². The summed E-state index contributed by atoms with van der Waals surface area (Å²) >= 11 is 0. The maximum atomic E-state index is 9.73. The molecule has 2 N–H and O–H groups in total. The second-order valence-corrected chi connectivity index (χ2v) is 4.91. The fourth-order valence-corrected chi connectivity index (χ4v) is 2.30. The van der Waals surface area contributed by atoms with Gasteiger partial charge >= 0.3 is 0 Å². The standard InChI is InChI=1S/C12H20O6/c1-4-5-15-11-10-9(17-12(2,3)18-10)8(16-11)7(14)6-13/h4,7-11,13-14H,1,5-6H2,2-3H3/t7?,8-,9+,10+,11+/m1/s1. The molecule has 0 aliphatic carbocycles. The van der Waals surface area contributed by atoms with Crippen LogP contribution >= 0.6 is 0 Å². The molecule has 2 fully saturated rings. The van der Waals surface area contributed by atoms with E-state index in [0.717, 1.165) is 0 Å². The minimum Gasteiger partial charge on any atom is -0.394 e. The minimum absolute atomic E-state index is 0.319. The highest BCUT2D eigenvalue weighted by Crippen LogP contribution is 2.39. The molecule has 0 bridgehead atoms. The molecule has 0 amide bonds. The van der Waals surface area contributed by atoms with Gasteiger partial charge in [0.2, 0.25) is 0 Å². The van der Waals surface area contributed by atoms with Crippen molar-refractivity contribution in [2.45, 2.75) is 50.3 Å². The van der Waals surface area contributed by atoms with Crippen LogP contribution in [0, 0.1) is 0 Å². The van der Waals surface area contributed by atoms with Gasteiger partial charge in [0.05, 0.1) is 13.2 Å². The Labute approximate surface area is 106 Å². The summed E-state index contributed by atoms with van der Waals surface area (Å²) in [6.45, 7) is 7.07. The monoisotopic (exact) mass is 260 g/mol. The van der Waals surface area contributed by atoms with E-state index in [2.05, 4.69) is 6.58 Å². The Morgan fingerprint density at radius 1 is 1.39 bits per heavy atom. The van der Waals surface area contributed by atoms with Gasteiger partial charge in [0.25, 0.3) is 0 Å². The molecule has 104 valence electrons. The first kappa shape index (κ1) is 13.9. The molecule has 2 aliphatic rings. The van der Waals surface area contributed by atoms with Crippen LogP contribution in [0.15, 0.2) is 12.7 Å². The quantitative estimate of drug-likeness (QED) is 0.666. The lowest BCUT2D eigenvalue weighted by Crippen LogP contribution is -2.40. The fourth-order valence-electron chi connectivity index (χ4n) is 2.30. The van der Waals surface area contributed by atoms with E-state index in [0.29, 0.717) is 6.61 Å². The molecule has 0 aromatic rings. The number of ether oxygens (including phenoxy) is 4. The van der Waals surface area contributed by atoms with Crippen LogP contribution in [0.3, 0.4) is 0 Å². The van der Waals surface area contributed by atoms with Crippen molar-refractivity contribution in [1.29, 1.82) is 0 Å². The van der Waals surface area contributed by atoms with Gasteiger partial charge < -0.3 is 29.2 Å². The van der Waals surface area contributed by atoms with Gasteiger partial charge in [0.15, 0.2) is 12.1 Å². The molecular formula is C12H20O6. The first-order valence-electron chi connectivity index (χ1n) is 6.01. The number of hydrogen-bond donors (Lipinski definition) is 2. The number of hydrogen-bond acceptors (Lipinski definition) is 6. The highest BCUT2D eigenvalue weighted by Gasteiger charge is 2.57. The summed E-state index contributed by atoms with van der Waals surface area (Å²) in [5.41, 5.74) is 0. The van der Waals surface area contributed by atoms with E-state index in [1.165, 1.54) is 0 Å². The smallest absolute Gasteiger partial charge is 0.187 e. The van der Waals surface area contributed by atoms with Gasteiger partial charge in [0.1, 0.15) is 24.4 Å². The molecular weight excluding hydrogens is 240 g/mol. The van der Waals surface area contributed by atoms with E-state index in [1.54, 1.807) is 19.9 Å². The average molecular weight is 260 g/mol. The van der Waals surface area contributed by atoms with Gasteiger partial charge in [-0.2, -0.15) is 0 Å². The Bertz CT molecular complexity index is 305. The van der Waals surface area contributed by atoms with Gasteiger partial charge in [-0.05, 0) is 13.8 Å². The molecule has 0 aromatic carbocycles. The zero-order valence-corrected chi connectivity index (χ0v) is 10.6. The average Bonchev–Trinajstić information content (AvgIpc) is 2.79. The molecule has 0 saturated carbocycles. The van der Waals surface area contributed by atoms with Gasteiger partial charge in [-0.15, -0.1) is 6.58 Å². The zero-order valence-electron chi connectivity index (χ0n) is 10.6. The summed E-state index contributed by atoms with van der Waals surface area (Å²) < 4.78 is 22.4. The first-order valence-corrected chi connectivity index (χ1v) is 6.01. The Morgan fingerprint density at radius 3 is 2.67 bits per heavy atom. The molecule has 2 heterocycles. The van der Waals surface area contributed by atoms with E-state index in [4.69, 9.17) is 24.1 Å². The maximum Gasteiger partial charge on any atom is 0.187 e. The predicted octanol–water partition coefficient (Wildman–Crippen LogP) is -0.213. The van der Waals surface area contributed by atoms with Crippen molar-refractivity contribution in [1.82, 2.24) is 0 Å². The topological polar surface area (TPSA) is 77.4 Å². The third kappa shape index (κ3) is 2.59. The van der Waals surface area contributed by atoms with Crippen molar-refractivity contribution < 1.29 is 29.2 Å². The van der Waals surface area contributed by atoms with Crippen LogP contribution < -0.4 is 0 Å². The Kier molecular flexibility index (Phi) is 4.05. The van der Waals surface area contributed by atoms with E-state index in [9.17, 15) is 5.11 Å². The Balaban J connectivity index is 2.09. The lowest BCUT2D eigenvalue weighted by Gasteiger charge is -2.25. The largest absolute Gasteiger partial charge is 0.394 e. The van der Waals surface area contributed by atoms with Crippen LogP contribution in [0.4, 0.5) is 0 Å². The lowest BCUT2D eigenvalue weighted by atomic mass is 10.1. The Morgan fingerprint density at radius 2 is 2.06 bits per heavy atom. The van der Waals surface area contributed by atoms with Crippen LogP contribution in [0.2, 0.25) is 0 Å². The third-order valence-corrected chi connectivity index (χ3v) is 2.99. The predicted molar refractivity (Wildman–Crippen MR) is 61.7 cm³/mol. The van der Waals surface area contributed by atoms with Crippen molar-refractivity contribution in [2.75, 3.05) is 13.2 Å². The molecule has 0 radical (unpaired) electrons. The normalized spacial score (nSPS) is 39.6. The van der Waals surface area contributed by atoms with Crippen LogP contribution in [-0.2, 0) is 18.9 Å². The summed E-state index contributed by atoms with van der Waals surface area (Å²) in [6, 6.07) is 0. The van der Waals surface area contributed by atoms with Crippen molar-refractivity contribution in [3.8, 4) is 0 Å². The number of aliphatic hydroxyl groups excluding tert-OH is 2. The molecule has 2 saturated heterocycles. The van der Waals surface area contributed by atoms with Crippen LogP contribution in [0.5, 0.6) is 0 Å². The summed E-state index contributed by atoms with van der Waals surface area (Å²) in [5.74, 6) is -0.748. The number of aliphatic hydroxyl groups is 2. The molecule has 0 aromatic heterocycles. The molecule has 6 nitrogen and oxygen atoms in total. The highest BCUT2D eigenvalue weighted by molar-refractivity contribution is 4.98. The summed E-state index contributed by atoms with van der Waals surface area (Å²) in [4.78, 5) is 0. The van der Waals surface area contributed by atoms with Gasteiger partial charge in [-0.3, -0.25) is 0 Å². The van der Waals surface area contributed by atoms with Crippen molar-refractivity contribution in [3.05, 3.63) is 12.7 Å². The zero-order chi connectivity index (χ0) is 13.3. The third-order valence-electron chi connectivity index (χ3n) is 2.99. The molecule has 5 atom stereocenters. The second-order valence-electron chi connectivity index (χ2n) is 4.91. The summed E-state index contributed by atoms with van der Waals surface area (Å²) in [5, 5.41) is 18.8. The van der Waals surface area contributed by atoms with Crippen molar-refractivity contribution >= 4 is 0 Å². The summed E-state index contributed by atoms with van der Waals surface area (Å²) in [7, 11) is 0. The fraction of sp³-hybridized carbons (Fsp3) is 0.833. The molecule has 6 heteroatoms. The SMILES string of the molecule is C=CCO[C@H]1O[C@H](C(O)CO)[C@@H]2OC(C)(C)O[C@H]12. The summed E-state index contributed by atoms with van der Waals surface area (Å²) in [6.07, 6.45) is -1.55. The molecule has 18 heavy (non-hydrogen) atoms. The molecule has 2 aliphatic heterocycles. The van der Waals surface area contributed by atoms with Crippen LogP contribution in [0.25, 0.3) is 0 Å². The van der Waals surface area contributed by atoms with Crippen molar-refractivity contribution in [3.63, 3.8) is 0 Å². The van der Waals surface area contributed by atoms with Gasteiger partial charge in [0, 0.05) is 0 Å². The highest BCUT2D eigenvalue weighted by atomic mass is 16.8. The lowest BCUT2D eigenvalue weighted by molar-refractivity contribution is -0.242. The van der Waals surface area contributed by atoms with E-state index >= 15 is 0 Å². The van der Waals surface area contributed by atoms with E-state index in [-0.39, 0.29) is 0 Å². The molecule has 0 spiro atoms. The minimum atomic E-state index is -1.02. The van der Waals surface area contributed by atoms with Crippen LogP contribution in [0.1, 0.15) is 13.8 Å². The number of fused-ring (bicyclic) bond motifs is 1. The number of rotatable bonds is 5. The Hall–Kier alpha value is -0.500.